The third-order valence-corrected chi connectivity index (χ3v) is 3.37. The van der Waals surface area contributed by atoms with E-state index in [1.165, 1.54) is 0 Å². The Morgan fingerprint density at radius 2 is 1.76 bits per heavy atom. The van der Waals surface area contributed by atoms with E-state index in [2.05, 4.69) is 6.92 Å². The molecule has 0 aliphatic heterocycles. The maximum Gasteiger partial charge on any atom is 0.196 e. The van der Waals surface area contributed by atoms with E-state index in [9.17, 15) is 13.6 Å². The summed E-state index contributed by atoms with van der Waals surface area (Å²) in [4.78, 5) is 12.2. The fraction of sp³-hybridized carbons (Fsp3) is 0.235. The number of unbranched alkanes of at least 4 members (excludes halogenated alkanes) is 1. The Morgan fingerprint density at radius 1 is 1.10 bits per heavy atom. The number of benzene rings is 2. The predicted octanol–water partition coefficient (Wildman–Crippen LogP) is 4.12. The Morgan fingerprint density at radius 3 is 2.38 bits per heavy atom. The van der Waals surface area contributed by atoms with E-state index in [-0.39, 0.29) is 11.3 Å². The van der Waals surface area contributed by atoms with Crippen LogP contribution in [0.1, 0.15) is 41.3 Å². The van der Waals surface area contributed by atoms with Crippen LogP contribution in [0.2, 0.25) is 0 Å². The molecule has 0 saturated carbocycles. The van der Waals surface area contributed by atoms with E-state index in [1.54, 1.807) is 12.1 Å². The van der Waals surface area contributed by atoms with Crippen molar-refractivity contribution in [3.05, 3.63) is 64.7 Å². The highest BCUT2D eigenvalue weighted by Crippen LogP contribution is 2.20. The summed E-state index contributed by atoms with van der Waals surface area (Å²) < 4.78 is 26.8. The van der Waals surface area contributed by atoms with Gasteiger partial charge in [-0.1, -0.05) is 37.6 Å². The zero-order chi connectivity index (χ0) is 15.4. The molecule has 0 bridgehead atoms. The average Bonchev–Trinajstić information content (AvgIpc) is 2.48. The average molecular weight is 289 g/mol. The number of aryl methyl sites for hydroxylation is 1. The lowest BCUT2D eigenvalue weighted by atomic mass is 9.99. The summed E-state index contributed by atoms with van der Waals surface area (Å²) in [5, 5.41) is 0. The van der Waals surface area contributed by atoms with Crippen LogP contribution in [-0.4, -0.2) is 5.78 Å². The molecule has 0 saturated heterocycles. The number of hydrogen-bond acceptors (Lipinski definition) is 2. The van der Waals surface area contributed by atoms with Gasteiger partial charge in [0.15, 0.2) is 5.78 Å². The van der Waals surface area contributed by atoms with Gasteiger partial charge in [-0.3, -0.25) is 4.79 Å². The molecule has 0 aliphatic carbocycles. The first-order valence-corrected chi connectivity index (χ1v) is 6.91. The number of rotatable bonds is 5. The number of anilines is 1. The number of hydrogen-bond donors (Lipinski definition) is 1. The molecule has 0 aliphatic rings. The molecule has 2 N–H and O–H groups in total. The van der Waals surface area contributed by atoms with Crippen LogP contribution in [0.4, 0.5) is 14.5 Å². The van der Waals surface area contributed by atoms with Crippen molar-refractivity contribution in [2.75, 3.05) is 5.73 Å². The molecule has 0 heterocycles. The van der Waals surface area contributed by atoms with Crippen LogP contribution in [0, 0.1) is 11.6 Å². The van der Waals surface area contributed by atoms with Crippen molar-refractivity contribution in [1.29, 1.82) is 0 Å². The zero-order valence-corrected chi connectivity index (χ0v) is 11.8. The molecule has 0 radical (unpaired) electrons. The van der Waals surface area contributed by atoms with E-state index < -0.39 is 17.4 Å². The lowest BCUT2D eigenvalue weighted by molar-refractivity contribution is 0.103. The summed E-state index contributed by atoms with van der Waals surface area (Å²) in [5.41, 5.74) is 6.43. The lowest BCUT2D eigenvalue weighted by Gasteiger charge is -2.06. The van der Waals surface area contributed by atoms with Gasteiger partial charge in [-0.15, -0.1) is 0 Å². The lowest BCUT2D eigenvalue weighted by Crippen LogP contribution is -2.07. The molecule has 2 nitrogen and oxygen atoms in total. The number of carbonyl (C=O) groups excluding carboxylic acids is 1. The Hall–Kier alpha value is -2.23. The molecule has 0 amide bonds. The van der Waals surface area contributed by atoms with E-state index in [1.807, 2.05) is 12.1 Å². The summed E-state index contributed by atoms with van der Waals surface area (Å²) in [5.74, 6) is -2.26. The molecular weight excluding hydrogens is 272 g/mol. The second kappa shape index (κ2) is 6.48. The molecular formula is C17H17F2NO. The highest BCUT2D eigenvalue weighted by molar-refractivity contribution is 6.09. The zero-order valence-electron chi connectivity index (χ0n) is 11.8. The minimum Gasteiger partial charge on any atom is -0.396 e. The van der Waals surface area contributed by atoms with Crippen molar-refractivity contribution >= 4 is 11.5 Å². The van der Waals surface area contributed by atoms with Gasteiger partial charge < -0.3 is 5.73 Å². The summed E-state index contributed by atoms with van der Waals surface area (Å²) in [6.07, 6.45) is 3.12. The van der Waals surface area contributed by atoms with Crippen LogP contribution in [0.25, 0.3) is 0 Å². The van der Waals surface area contributed by atoms with Crippen LogP contribution >= 0.6 is 0 Å². The number of nitrogens with two attached hydrogens (primary N) is 1. The number of carbonyl (C=O) groups is 1. The van der Waals surface area contributed by atoms with E-state index >= 15 is 0 Å². The maximum absolute atomic E-state index is 13.7. The minimum absolute atomic E-state index is 0.213. The van der Waals surface area contributed by atoms with Gasteiger partial charge in [0.2, 0.25) is 0 Å². The Bertz CT molecular complexity index is 651. The fourth-order valence-corrected chi connectivity index (χ4v) is 2.10. The van der Waals surface area contributed by atoms with Crippen molar-refractivity contribution in [2.24, 2.45) is 0 Å². The summed E-state index contributed by atoms with van der Waals surface area (Å²) in [7, 11) is 0. The topological polar surface area (TPSA) is 43.1 Å². The van der Waals surface area contributed by atoms with Crippen molar-refractivity contribution in [2.45, 2.75) is 26.2 Å². The Balaban J connectivity index is 2.26. The molecule has 110 valence electrons. The molecule has 2 rings (SSSR count). The van der Waals surface area contributed by atoms with Crippen molar-refractivity contribution < 1.29 is 13.6 Å². The number of nitrogen functional groups attached to an aromatic ring is 1. The monoisotopic (exact) mass is 289 g/mol. The van der Waals surface area contributed by atoms with E-state index in [4.69, 9.17) is 5.73 Å². The molecule has 0 atom stereocenters. The third-order valence-electron chi connectivity index (χ3n) is 3.37. The standard InChI is InChI=1S/C17H17F2NO/c1-2-3-4-11-5-7-12(8-6-11)17(21)13-9-16(20)15(19)10-14(13)18/h5-10H,2-4,20H2,1H3. The first-order chi connectivity index (χ1) is 10.0. The first kappa shape index (κ1) is 15.2. The van der Waals surface area contributed by atoms with Crippen molar-refractivity contribution in [3.63, 3.8) is 0 Å². The molecule has 0 fully saturated rings. The molecule has 2 aromatic rings. The van der Waals surface area contributed by atoms with Gasteiger partial charge in [-0.05, 0) is 24.5 Å². The van der Waals surface area contributed by atoms with Crippen LogP contribution in [0.3, 0.4) is 0 Å². The number of halogens is 2. The number of ketones is 1. The highest BCUT2D eigenvalue weighted by Gasteiger charge is 2.16. The highest BCUT2D eigenvalue weighted by atomic mass is 19.1. The normalized spacial score (nSPS) is 10.6. The molecule has 0 unspecified atom stereocenters. The van der Waals surface area contributed by atoms with Crippen LogP contribution in [0.5, 0.6) is 0 Å². The van der Waals surface area contributed by atoms with Gasteiger partial charge in [0.05, 0.1) is 11.3 Å². The van der Waals surface area contributed by atoms with Crippen LogP contribution in [-0.2, 0) is 6.42 Å². The smallest absolute Gasteiger partial charge is 0.196 e. The summed E-state index contributed by atoms with van der Waals surface area (Å²) in [6, 6.07) is 8.70. The van der Waals surface area contributed by atoms with E-state index in [0.717, 1.165) is 30.9 Å². The van der Waals surface area contributed by atoms with E-state index in [0.29, 0.717) is 11.6 Å². The van der Waals surface area contributed by atoms with Gasteiger partial charge in [0.25, 0.3) is 0 Å². The molecule has 2 aromatic carbocycles. The molecule has 0 spiro atoms. The first-order valence-electron chi connectivity index (χ1n) is 6.91. The van der Waals surface area contributed by atoms with Gasteiger partial charge in [0.1, 0.15) is 11.6 Å². The minimum atomic E-state index is -0.901. The van der Waals surface area contributed by atoms with Crippen molar-refractivity contribution in [1.82, 2.24) is 0 Å². The summed E-state index contributed by atoms with van der Waals surface area (Å²) >= 11 is 0. The molecule has 4 heteroatoms. The molecule has 0 aromatic heterocycles. The Kier molecular flexibility index (Phi) is 4.68. The van der Waals surface area contributed by atoms with Crippen LogP contribution < -0.4 is 5.73 Å². The second-order valence-electron chi connectivity index (χ2n) is 4.98. The maximum atomic E-state index is 13.7. The predicted molar refractivity (Wildman–Crippen MR) is 79.3 cm³/mol. The Labute approximate surface area is 122 Å². The van der Waals surface area contributed by atoms with Crippen LogP contribution in [0.15, 0.2) is 36.4 Å². The summed E-state index contributed by atoms with van der Waals surface area (Å²) in [6.45, 7) is 2.11. The van der Waals surface area contributed by atoms with Gasteiger partial charge in [0, 0.05) is 11.6 Å². The SMILES string of the molecule is CCCCc1ccc(C(=O)c2cc(N)c(F)cc2F)cc1. The van der Waals surface area contributed by atoms with Crippen molar-refractivity contribution in [3.8, 4) is 0 Å². The van der Waals surface area contributed by atoms with Gasteiger partial charge in [-0.2, -0.15) is 0 Å². The quantitative estimate of drug-likeness (QED) is 0.664. The third kappa shape index (κ3) is 3.45. The largest absolute Gasteiger partial charge is 0.396 e. The fourth-order valence-electron chi connectivity index (χ4n) is 2.10. The van der Waals surface area contributed by atoms with Gasteiger partial charge in [-0.25, -0.2) is 8.78 Å². The second-order valence-corrected chi connectivity index (χ2v) is 4.98. The molecule has 21 heavy (non-hydrogen) atoms. The van der Waals surface area contributed by atoms with Gasteiger partial charge >= 0.3 is 0 Å².